The summed E-state index contributed by atoms with van der Waals surface area (Å²) in [4.78, 5) is 11.6. The minimum absolute atomic E-state index is 0.0792. The Labute approximate surface area is 163 Å². The maximum Gasteiger partial charge on any atom is 0.333 e. The molecule has 154 valence electrons. The normalized spacial score (nSPS) is 14.2. The van der Waals surface area contributed by atoms with E-state index in [-0.39, 0.29) is 25.2 Å². The first-order valence-electron chi connectivity index (χ1n) is 9.25. The van der Waals surface area contributed by atoms with Crippen LogP contribution in [0.3, 0.4) is 0 Å². The number of aliphatic hydroxyl groups excluding tert-OH is 1. The number of esters is 1. The summed E-state index contributed by atoms with van der Waals surface area (Å²) in [5.74, 6) is -0.537. The Morgan fingerprint density at radius 2 is 1.65 bits per heavy atom. The van der Waals surface area contributed by atoms with Crippen LogP contribution in [-0.4, -0.2) is 69.1 Å². The predicted molar refractivity (Wildman–Crippen MR) is 113 cm³/mol. The summed E-state index contributed by atoms with van der Waals surface area (Å²) in [6, 6.07) is 0.786. The van der Waals surface area contributed by atoms with Gasteiger partial charge in [-0.05, 0) is 58.7 Å². The molecule has 0 saturated heterocycles. The highest BCUT2D eigenvalue weighted by Crippen LogP contribution is 2.16. The quantitative estimate of drug-likeness (QED) is 0.152. The van der Waals surface area contributed by atoms with Crippen LogP contribution in [-0.2, 0) is 23.1 Å². The van der Waals surface area contributed by atoms with Gasteiger partial charge in [-0.15, -0.1) is 0 Å². The zero-order valence-corrected chi connectivity index (χ0v) is 21.0. The molecule has 0 radical (unpaired) electrons. The van der Waals surface area contributed by atoms with Crippen LogP contribution in [0, 0.1) is 0 Å². The Kier molecular flexibility index (Phi) is 12.1. The van der Waals surface area contributed by atoms with Gasteiger partial charge in [0.05, 0.1) is 15.6 Å². The summed E-state index contributed by atoms with van der Waals surface area (Å²) < 4.78 is 23.6. The van der Waals surface area contributed by atoms with Crippen LogP contribution in [0.4, 0.5) is 0 Å². The Morgan fingerprint density at radius 3 is 2.08 bits per heavy atom. The van der Waals surface area contributed by atoms with Crippen LogP contribution in [0.2, 0.25) is 45.3 Å². The van der Waals surface area contributed by atoms with Crippen LogP contribution >= 0.6 is 0 Å². The first-order chi connectivity index (χ1) is 11.8. The van der Waals surface area contributed by atoms with Gasteiger partial charge >= 0.3 is 5.97 Å². The van der Waals surface area contributed by atoms with Crippen molar-refractivity contribution in [3.8, 4) is 0 Å². The van der Waals surface area contributed by atoms with Crippen molar-refractivity contribution < 1.29 is 28.2 Å². The molecular weight excluding hydrogens is 384 g/mol. The monoisotopic (exact) mass is 422 g/mol. The molecule has 9 heteroatoms. The van der Waals surface area contributed by atoms with E-state index in [9.17, 15) is 4.79 Å². The standard InChI is InChI=1S/C17H38O6Si3/c1-14(2)16(19)21-12-15(20-11-9-10-18)13-24-17(22-25(3,4)5)23-26(6,7)8/h15,17-18H,1,9-13,24H2,2-8H3. The van der Waals surface area contributed by atoms with Crippen LogP contribution in [0.5, 0.6) is 0 Å². The zero-order valence-electron chi connectivity index (χ0n) is 17.6. The molecule has 0 bridgehead atoms. The Morgan fingerprint density at radius 1 is 1.12 bits per heavy atom. The molecule has 0 aromatic heterocycles. The van der Waals surface area contributed by atoms with Crippen LogP contribution in [0.25, 0.3) is 0 Å². The van der Waals surface area contributed by atoms with Gasteiger partial charge in [0.25, 0.3) is 0 Å². The maximum absolute atomic E-state index is 11.6. The second kappa shape index (κ2) is 12.2. The fraction of sp³-hybridized carbons (Fsp3) is 0.824. The molecule has 0 rings (SSSR count). The second-order valence-electron chi connectivity index (χ2n) is 8.42. The second-order valence-corrected chi connectivity index (χ2v) is 19.2. The highest BCUT2D eigenvalue weighted by atomic mass is 28.4. The number of aliphatic hydroxyl groups is 1. The smallest absolute Gasteiger partial charge is 0.333 e. The van der Waals surface area contributed by atoms with Crippen molar-refractivity contribution >= 4 is 32.1 Å². The molecule has 0 saturated carbocycles. The van der Waals surface area contributed by atoms with E-state index in [0.29, 0.717) is 18.6 Å². The summed E-state index contributed by atoms with van der Waals surface area (Å²) in [6.07, 6.45) is 0.363. The van der Waals surface area contributed by atoms with E-state index in [2.05, 4.69) is 45.9 Å². The first kappa shape index (κ1) is 25.7. The fourth-order valence-electron chi connectivity index (χ4n) is 2.07. The van der Waals surface area contributed by atoms with E-state index in [0.717, 1.165) is 6.04 Å². The first-order valence-corrected chi connectivity index (χ1v) is 17.9. The van der Waals surface area contributed by atoms with Gasteiger partial charge in [0.1, 0.15) is 12.5 Å². The topological polar surface area (TPSA) is 74.2 Å². The van der Waals surface area contributed by atoms with Crippen molar-refractivity contribution in [2.24, 2.45) is 0 Å². The molecule has 0 spiro atoms. The third-order valence-corrected chi connectivity index (χ3v) is 7.49. The average molecular weight is 423 g/mol. The van der Waals surface area contributed by atoms with Crippen molar-refractivity contribution in [3.63, 3.8) is 0 Å². The van der Waals surface area contributed by atoms with Crippen molar-refractivity contribution in [3.05, 3.63) is 12.2 Å². The number of ether oxygens (including phenoxy) is 2. The van der Waals surface area contributed by atoms with Gasteiger partial charge in [-0.1, -0.05) is 6.58 Å². The van der Waals surface area contributed by atoms with Crippen LogP contribution in [0.1, 0.15) is 13.3 Å². The van der Waals surface area contributed by atoms with Gasteiger partial charge in [-0.3, -0.25) is 0 Å². The van der Waals surface area contributed by atoms with E-state index in [1.807, 2.05) is 0 Å². The summed E-state index contributed by atoms with van der Waals surface area (Å²) in [6.45, 7) is 18.9. The molecule has 0 fully saturated rings. The summed E-state index contributed by atoms with van der Waals surface area (Å²) in [5.41, 5.74) is 0.373. The molecular formula is C17H38O6Si3. The minimum Gasteiger partial charge on any atom is -0.460 e. The lowest BCUT2D eigenvalue weighted by Crippen LogP contribution is -2.44. The van der Waals surface area contributed by atoms with Gasteiger partial charge in [0, 0.05) is 18.8 Å². The number of carbonyl (C=O) groups is 1. The van der Waals surface area contributed by atoms with E-state index in [1.54, 1.807) is 6.92 Å². The summed E-state index contributed by atoms with van der Waals surface area (Å²) in [5, 5.41) is 8.94. The van der Waals surface area contributed by atoms with Gasteiger partial charge in [-0.25, -0.2) is 4.79 Å². The molecule has 0 aromatic rings. The van der Waals surface area contributed by atoms with Crippen molar-refractivity contribution in [2.75, 3.05) is 19.8 Å². The van der Waals surface area contributed by atoms with Crippen LogP contribution < -0.4 is 0 Å². The predicted octanol–water partition coefficient (Wildman–Crippen LogP) is 2.45. The molecule has 0 amide bonds. The van der Waals surface area contributed by atoms with Crippen LogP contribution in [0.15, 0.2) is 12.2 Å². The number of hydrogen-bond donors (Lipinski definition) is 1. The largest absolute Gasteiger partial charge is 0.460 e. The molecule has 1 atom stereocenters. The SMILES string of the molecule is C=C(C)C(=O)OCC(C[SiH2]C(O[Si](C)(C)C)O[Si](C)(C)C)OCCCO. The van der Waals surface area contributed by atoms with Gasteiger partial charge in [0.2, 0.25) is 0 Å². The lowest BCUT2D eigenvalue weighted by atomic mass is 10.3. The molecule has 0 aliphatic heterocycles. The highest BCUT2D eigenvalue weighted by molar-refractivity contribution is 6.71. The van der Waals surface area contributed by atoms with E-state index >= 15 is 0 Å². The molecule has 6 nitrogen and oxygen atoms in total. The fourth-order valence-corrected chi connectivity index (χ4v) is 8.76. The summed E-state index contributed by atoms with van der Waals surface area (Å²) in [7, 11) is -4.18. The van der Waals surface area contributed by atoms with E-state index < -0.39 is 32.1 Å². The van der Waals surface area contributed by atoms with E-state index in [4.69, 9.17) is 23.4 Å². The summed E-state index contributed by atoms with van der Waals surface area (Å²) >= 11 is 0. The third kappa shape index (κ3) is 14.8. The average Bonchev–Trinajstić information content (AvgIpc) is 2.45. The lowest BCUT2D eigenvalue weighted by Gasteiger charge is -2.32. The van der Waals surface area contributed by atoms with Gasteiger partial charge in [0.15, 0.2) is 16.6 Å². The highest BCUT2D eigenvalue weighted by Gasteiger charge is 2.28. The molecule has 26 heavy (non-hydrogen) atoms. The van der Waals surface area contributed by atoms with Crippen molar-refractivity contribution in [1.29, 1.82) is 0 Å². The molecule has 0 heterocycles. The Hall–Kier alpha value is -0.299. The molecule has 1 unspecified atom stereocenters. The number of hydrogen-bond acceptors (Lipinski definition) is 6. The van der Waals surface area contributed by atoms with Crippen molar-refractivity contribution in [1.82, 2.24) is 0 Å². The Bertz CT molecular complexity index is 415. The molecule has 0 aliphatic rings. The van der Waals surface area contributed by atoms with E-state index in [1.165, 1.54) is 0 Å². The number of rotatable bonds is 14. The number of carbonyl (C=O) groups excluding carboxylic acids is 1. The molecule has 1 N–H and O–H groups in total. The Balaban J connectivity index is 4.78. The van der Waals surface area contributed by atoms with Crippen molar-refractivity contribution in [2.45, 2.75) is 70.7 Å². The third-order valence-electron chi connectivity index (χ3n) is 3.10. The molecule has 0 aliphatic carbocycles. The molecule has 0 aromatic carbocycles. The van der Waals surface area contributed by atoms with Gasteiger partial charge in [-0.2, -0.15) is 0 Å². The minimum atomic E-state index is -1.71. The maximum atomic E-state index is 11.6. The lowest BCUT2D eigenvalue weighted by molar-refractivity contribution is -0.142. The zero-order chi connectivity index (χ0) is 20.4. The van der Waals surface area contributed by atoms with Gasteiger partial charge < -0.3 is 23.4 Å².